The summed E-state index contributed by atoms with van der Waals surface area (Å²) in [5.74, 6) is -107. The van der Waals surface area contributed by atoms with Crippen molar-refractivity contribution in [2.45, 2.75) is 372 Å². The predicted molar refractivity (Wildman–Crippen MR) is 348 cm³/mol. The zero-order valence-corrected chi connectivity index (χ0v) is 66.1. The first-order valence-electron chi connectivity index (χ1n) is 36.0. The van der Waals surface area contributed by atoms with Gasteiger partial charge in [-0.1, -0.05) is 147 Å². The minimum atomic E-state index is -7.38. The molecular weight excluding hydrogens is 1580 g/mol. The van der Waals surface area contributed by atoms with Gasteiger partial charge in [0.15, 0.2) is 23.1 Å². The summed E-state index contributed by atoms with van der Waals surface area (Å²) in [5.41, 5.74) is 0. The van der Waals surface area contributed by atoms with Crippen LogP contribution in [0.1, 0.15) is 254 Å². The molecule has 40 heteroatoms. The molecule has 0 saturated heterocycles. The molecule has 0 rings (SSSR count). The van der Waals surface area contributed by atoms with Gasteiger partial charge in [0.05, 0.1) is 52.9 Å². The van der Waals surface area contributed by atoms with Gasteiger partial charge < -0.3 is 37.9 Å². The quantitative estimate of drug-likeness (QED) is 0.0339. The van der Waals surface area contributed by atoms with Gasteiger partial charge in [0.1, 0.15) is 0 Å². The average molecular weight is 1690 g/mol. The lowest BCUT2D eigenvalue weighted by molar-refractivity contribution is -0.402. The Morgan fingerprint density at radius 3 is 0.482 bits per heavy atom. The van der Waals surface area contributed by atoms with Crippen LogP contribution in [0.25, 0.3) is 0 Å². The maximum absolute atomic E-state index is 13.9. The third-order valence-electron chi connectivity index (χ3n) is 18.1. The van der Waals surface area contributed by atoms with Crippen LogP contribution in [-0.4, -0.2) is 171 Å². The lowest BCUT2D eigenvalue weighted by Crippen LogP contribution is -2.66. The molecular formula is C70H116F32O8. The van der Waals surface area contributed by atoms with Crippen molar-refractivity contribution in [1.29, 1.82) is 0 Å². The number of hydrogen-bond donors (Lipinski definition) is 0. The minimum Gasteiger partial charge on any atom is -0.350 e. The van der Waals surface area contributed by atoms with Gasteiger partial charge in [-0.05, 0) is 53.4 Å². The third kappa shape index (κ3) is 31.4. The molecule has 0 atom stereocenters. The zero-order valence-electron chi connectivity index (χ0n) is 66.1. The summed E-state index contributed by atoms with van der Waals surface area (Å²) >= 11 is 0. The second-order valence-electron chi connectivity index (χ2n) is 29.0. The van der Waals surface area contributed by atoms with Crippen LogP contribution in [-0.2, 0) is 37.9 Å². The Labute approximate surface area is 625 Å². The molecule has 0 aliphatic rings. The zero-order chi connectivity index (χ0) is 88.4. The molecule has 668 valence electrons. The fourth-order valence-electron chi connectivity index (χ4n) is 8.56. The Bertz CT molecular complexity index is 2340. The van der Waals surface area contributed by atoms with Crippen molar-refractivity contribution in [3.05, 3.63) is 0 Å². The van der Waals surface area contributed by atoms with Crippen molar-refractivity contribution >= 4 is 0 Å². The summed E-state index contributed by atoms with van der Waals surface area (Å²) in [5, 5.41) is 0. The van der Waals surface area contributed by atoms with E-state index in [2.05, 4.69) is 78.7 Å². The van der Waals surface area contributed by atoms with Gasteiger partial charge in [-0.25, -0.2) is 0 Å². The van der Waals surface area contributed by atoms with E-state index < -0.39 is 210 Å². The summed E-state index contributed by atoms with van der Waals surface area (Å²) < 4.78 is 470. The Morgan fingerprint density at radius 2 is 0.327 bits per heavy atom. The molecule has 0 radical (unpaired) electrons. The topological polar surface area (TPSA) is 73.8 Å². The number of halogens is 32. The minimum absolute atomic E-state index is 0.393. The molecule has 0 heterocycles. The maximum atomic E-state index is 13.9. The smallest absolute Gasteiger partial charge is 0.350 e. The van der Waals surface area contributed by atoms with E-state index in [1.807, 2.05) is 0 Å². The highest BCUT2D eigenvalue weighted by Gasteiger charge is 2.86. The molecule has 0 saturated carbocycles. The van der Waals surface area contributed by atoms with E-state index in [1.54, 1.807) is 0 Å². The van der Waals surface area contributed by atoms with E-state index in [0.717, 1.165) is 72.9 Å². The predicted octanol–water partition coefficient (Wildman–Crippen LogP) is 26.9. The highest BCUT2D eigenvalue weighted by Crippen LogP contribution is 2.60. The molecule has 0 aromatic carbocycles. The van der Waals surface area contributed by atoms with Crippen molar-refractivity contribution in [2.75, 3.05) is 52.9 Å². The first kappa shape index (κ1) is 114. The molecule has 8 nitrogen and oxygen atoms in total. The Hall–Kier alpha value is -2.56. The Balaban J connectivity index is -0.000000730. The molecule has 110 heavy (non-hydrogen) atoms. The van der Waals surface area contributed by atoms with E-state index in [-0.39, 0.29) is 0 Å². The number of rotatable bonds is 54. The normalized spacial score (nSPS) is 14.8. The van der Waals surface area contributed by atoms with E-state index in [0.29, 0.717) is 18.8 Å². The third-order valence-corrected chi connectivity index (χ3v) is 18.1. The van der Waals surface area contributed by atoms with Crippen molar-refractivity contribution in [1.82, 2.24) is 0 Å². The maximum Gasteiger partial charge on any atom is 0.384 e. The summed E-state index contributed by atoms with van der Waals surface area (Å²) in [6, 6.07) is 0. The number of unbranched alkanes of at least 4 members (excludes halogenated alkanes) is 10. The lowest BCUT2D eigenvalue weighted by atomic mass is 9.93. The van der Waals surface area contributed by atoms with Crippen LogP contribution in [0.4, 0.5) is 140 Å². The van der Waals surface area contributed by atoms with Crippen LogP contribution in [0.15, 0.2) is 0 Å². The van der Waals surface area contributed by atoms with Gasteiger partial charge in [0, 0.05) is 77.0 Å². The molecule has 0 N–H and O–H groups in total. The van der Waals surface area contributed by atoms with Crippen molar-refractivity contribution < 1.29 is 178 Å². The van der Waals surface area contributed by atoms with Crippen molar-refractivity contribution in [3.8, 4) is 0 Å². The monoisotopic (exact) mass is 1690 g/mol. The van der Waals surface area contributed by atoms with Crippen LogP contribution in [0.3, 0.4) is 0 Å². The summed E-state index contributed by atoms with van der Waals surface area (Å²) in [7, 11) is 0. The first-order chi connectivity index (χ1) is 48.8. The van der Waals surface area contributed by atoms with E-state index in [1.165, 1.54) is 78.1 Å². The lowest BCUT2D eigenvalue weighted by Gasteiger charge is -2.40. The first-order valence-corrected chi connectivity index (χ1v) is 36.0. The summed E-state index contributed by atoms with van der Waals surface area (Å²) in [4.78, 5) is 0. The van der Waals surface area contributed by atoms with Crippen LogP contribution in [0, 0.1) is 23.7 Å². The Morgan fingerprint density at radius 1 is 0.182 bits per heavy atom. The Kier molecular flexibility index (Phi) is 45.8. The van der Waals surface area contributed by atoms with Gasteiger partial charge in [-0.15, -0.1) is 0 Å². The highest BCUT2D eigenvalue weighted by molar-refractivity contribution is 5.09. The molecule has 0 amide bonds. The van der Waals surface area contributed by atoms with E-state index >= 15 is 0 Å². The van der Waals surface area contributed by atoms with Gasteiger partial charge >= 0.3 is 94.8 Å². The highest BCUT2D eigenvalue weighted by atomic mass is 19.4. The number of hydrogen-bond acceptors (Lipinski definition) is 8. The SMILES string of the molecule is CC(C)C(C)(OCCC(F)(F)C(F)(F)C(C)(F)F)OCCC(F)(F)C(F)(F)C(C)(F)F.CC(C)C(C)(OCCC(F)(F)C(F)(F)C(F)(F)C(F)(F)C(C)(F)F)OCCC(F)(F)C(F)(F)C(F)(F)C(F)(F)C(C)(F)F.CCCCCCOC(C)(OCCCCCC)C(C)C.CCCCCOC(C)(OCCCCC)C(C)C. The van der Waals surface area contributed by atoms with Gasteiger partial charge in [0.25, 0.3) is 0 Å². The summed E-state index contributed by atoms with van der Waals surface area (Å²) in [6.07, 6.45) is 8.04. The van der Waals surface area contributed by atoms with Crippen molar-refractivity contribution in [2.24, 2.45) is 23.7 Å². The molecule has 0 unspecified atom stereocenters. The number of ether oxygens (including phenoxy) is 8. The molecule has 0 spiro atoms. The molecule has 0 bridgehead atoms. The van der Waals surface area contributed by atoms with E-state index in [9.17, 15) is 140 Å². The second kappa shape index (κ2) is 44.3. The molecule has 0 fully saturated rings. The van der Waals surface area contributed by atoms with Crippen LogP contribution >= 0.6 is 0 Å². The molecule has 0 aliphatic carbocycles. The summed E-state index contributed by atoms with van der Waals surface area (Å²) in [6.45, 7) is 21.8. The molecule has 0 aromatic rings. The van der Waals surface area contributed by atoms with Crippen LogP contribution in [0.2, 0.25) is 0 Å². The second-order valence-corrected chi connectivity index (χ2v) is 29.0. The van der Waals surface area contributed by atoms with Crippen molar-refractivity contribution in [3.63, 3.8) is 0 Å². The van der Waals surface area contributed by atoms with Gasteiger partial charge in [0.2, 0.25) is 0 Å². The molecule has 0 aliphatic heterocycles. The van der Waals surface area contributed by atoms with E-state index in [4.69, 9.17) is 28.4 Å². The fourth-order valence-corrected chi connectivity index (χ4v) is 8.56. The number of alkyl halides is 32. The van der Waals surface area contributed by atoms with Crippen LogP contribution < -0.4 is 0 Å². The largest absolute Gasteiger partial charge is 0.384 e. The standard InChI is InChI=1S/C21H24F20O2.C17H24F12O2.C17H36O2.C15H32O2/c1-10(2)11(3,42-8-6-14(26,27)18(34,35)20(38,39)16(30,31)12(4,22)23)43-9-7-15(28,29)19(36,37)21(40,41)17(32,33)13(5,24)25;1-10(2)11(3,30-8-6-14(22,23)16(26,27)12(4,18)19)31-9-7-15(24,25)17(28,29)13(5,20)21;1-6-8-10-12-14-18-17(5,16(3)4)19-15-13-11-9-7-2;1-6-8-10-12-16-15(5,14(3)4)17-13-11-9-7-2/h10H,6-9H2,1-5H3;10H,6-9H2,1-5H3;16H,6-15H2,1-5H3;14H,6-13H2,1-5H3. The van der Waals surface area contributed by atoms with Gasteiger partial charge in [-0.2, -0.15) is 140 Å². The molecule has 0 aromatic heterocycles. The van der Waals surface area contributed by atoms with Gasteiger partial charge in [-0.3, -0.25) is 0 Å². The average Bonchev–Trinajstić information content (AvgIpc) is 0.728. The van der Waals surface area contributed by atoms with Crippen LogP contribution in [0.5, 0.6) is 0 Å². The fraction of sp³-hybridized carbons (Fsp3) is 1.00.